The van der Waals surface area contributed by atoms with Crippen LogP contribution in [0.3, 0.4) is 0 Å². The first kappa shape index (κ1) is 15.8. The van der Waals surface area contributed by atoms with E-state index >= 15 is 0 Å². The van der Waals surface area contributed by atoms with Crippen LogP contribution in [0.25, 0.3) is 0 Å². The normalized spacial score (nSPS) is 16.0. The summed E-state index contributed by atoms with van der Waals surface area (Å²) in [5.41, 5.74) is 6.06. The number of anilines is 1. The molecule has 0 spiro atoms. The van der Waals surface area contributed by atoms with E-state index in [1.54, 1.807) is 0 Å². The van der Waals surface area contributed by atoms with E-state index in [1.165, 1.54) is 12.8 Å². The molecule has 1 fully saturated rings. The number of nitrogens with one attached hydrogen (secondary N) is 1. The maximum absolute atomic E-state index is 12.2. The lowest BCUT2D eigenvalue weighted by molar-refractivity contribution is -0.121. The summed E-state index contributed by atoms with van der Waals surface area (Å²) in [6.07, 6.45) is 6.39. The minimum absolute atomic E-state index is 0.128. The second-order valence-corrected chi connectivity index (χ2v) is 5.87. The predicted octanol–water partition coefficient (Wildman–Crippen LogP) is 3.46. The minimum atomic E-state index is -0.793. The van der Waals surface area contributed by atoms with Crippen LogP contribution in [0.2, 0.25) is 0 Å². The van der Waals surface area contributed by atoms with Crippen LogP contribution in [0.1, 0.15) is 52.4 Å². The third-order valence-corrected chi connectivity index (χ3v) is 4.43. The van der Waals surface area contributed by atoms with Gasteiger partial charge in [-0.1, -0.05) is 13.8 Å². The van der Waals surface area contributed by atoms with Crippen LogP contribution in [-0.4, -0.2) is 17.6 Å². The minimum Gasteiger partial charge on any atom is -0.490 e. The van der Waals surface area contributed by atoms with Crippen molar-refractivity contribution in [2.24, 2.45) is 5.73 Å². The third-order valence-electron chi connectivity index (χ3n) is 4.43. The van der Waals surface area contributed by atoms with Gasteiger partial charge in [0, 0.05) is 5.69 Å². The Bertz CT molecular complexity index is 460. The van der Waals surface area contributed by atoms with E-state index in [0.29, 0.717) is 18.9 Å². The predicted molar refractivity (Wildman–Crippen MR) is 85.5 cm³/mol. The van der Waals surface area contributed by atoms with Gasteiger partial charge in [-0.15, -0.1) is 0 Å². The number of hydrogen-bond donors (Lipinski definition) is 2. The van der Waals surface area contributed by atoms with Crippen LogP contribution in [-0.2, 0) is 4.79 Å². The molecule has 21 heavy (non-hydrogen) atoms. The van der Waals surface area contributed by atoms with Crippen LogP contribution in [0, 0.1) is 0 Å². The lowest BCUT2D eigenvalue weighted by atomic mass is 9.93. The van der Waals surface area contributed by atoms with Crippen molar-refractivity contribution in [1.29, 1.82) is 0 Å². The highest BCUT2D eigenvalue weighted by molar-refractivity contribution is 5.97. The van der Waals surface area contributed by atoms with Gasteiger partial charge in [-0.2, -0.15) is 0 Å². The van der Waals surface area contributed by atoms with Crippen LogP contribution in [0.15, 0.2) is 24.3 Å². The molecule has 0 heterocycles. The fourth-order valence-electron chi connectivity index (χ4n) is 2.64. The Morgan fingerprint density at radius 3 is 2.33 bits per heavy atom. The highest BCUT2D eigenvalue weighted by Crippen LogP contribution is 2.25. The fourth-order valence-corrected chi connectivity index (χ4v) is 2.64. The largest absolute Gasteiger partial charge is 0.490 e. The van der Waals surface area contributed by atoms with Gasteiger partial charge >= 0.3 is 0 Å². The standard InChI is InChI=1S/C17H26N2O2/c1-3-17(18,4-2)16(20)19-13-9-11-15(12-10-13)21-14-7-5-6-8-14/h9-12,14H,3-8,18H2,1-2H3,(H,19,20). The summed E-state index contributed by atoms with van der Waals surface area (Å²) in [4.78, 5) is 12.2. The molecule has 0 aromatic heterocycles. The Labute approximate surface area is 127 Å². The van der Waals surface area contributed by atoms with Gasteiger partial charge in [0.25, 0.3) is 0 Å². The van der Waals surface area contributed by atoms with Crippen molar-refractivity contribution in [2.75, 3.05) is 5.32 Å². The van der Waals surface area contributed by atoms with Gasteiger partial charge in [0.1, 0.15) is 5.75 Å². The Balaban J connectivity index is 1.94. The number of hydrogen-bond acceptors (Lipinski definition) is 3. The van der Waals surface area contributed by atoms with Crippen molar-refractivity contribution in [3.8, 4) is 5.75 Å². The summed E-state index contributed by atoms with van der Waals surface area (Å²) in [7, 11) is 0. The summed E-state index contributed by atoms with van der Waals surface area (Å²) in [5, 5.41) is 2.89. The molecule has 0 radical (unpaired) electrons. The number of ether oxygens (including phenoxy) is 1. The van der Waals surface area contributed by atoms with E-state index in [4.69, 9.17) is 10.5 Å². The molecule has 116 valence electrons. The first-order valence-electron chi connectivity index (χ1n) is 7.94. The zero-order chi connectivity index (χ0) is 15.3. The molecule has 0 saturated heterocycles. The molecule has 3 N–H and O–H groups in total. The molecule has 2 rings (SSSR count). The Morgan fingerprint density at radius 1 is 1.24 bits per heavy atom. The monoisotopic (exact) mass is 290 g/mol. The first-order valence-corrected chi connectivity index (χ1v) is 7.94. The van der Waals surface area contributed by atoms with E-state index in [9.17, 15) is 4.79 Å². The van der Waals surface area contributed by atoms with E-state index in [-0.39, 0.29) is 5.91 Å². The topological polar surface area (TPSA) is 64.4 Å². The van der Waals surface area contributed by atoms with E-state index < -0.39 is 5.54 Å². The zero-order valence-electron chi connectivity index (χ0n) is 13.0. The van der Waals surface area contributed by atoms with Crippen LogP contribution < -0.4 is 15.8 Å². The number of rotatable bonds is 6. The number of amides is 1. The lowest BCUT2D eigenvalue weighted by Crippen LogP contribution is -2.50. The summed E-state index contributed by atoms with van der Waals surface area (Å²) in [5.74, 6) is 0.738. The molecule has 0 atom stereocenters. The molecule has 1 aliphatic carbocycles. The van der Waals surface area contributed by atoms with Gasteiger partial charge < -0.3 is 15.8 Å². The van der Waals surface area contributed by atoms with E-state index in [0.717, 1.165) is 24.3 Å². The molecule has 1 aliphatic rings. The van der Waals surface area contributed by atoms with Gasteiger partial charge in [0.15, 0.2) is 0 Å². The second kappa shape index (κ2) is 6.94. The van der Waals surface area contributed by atoms with Gasteiger partial charge in [0.2, 0.25) is 5.91 Å². The molecule has 0 aliphatic heterocycles. The molecule has 1 aromatic carbocycles. The lowest BCUT2D eigenvalue weighted by Gasteiger charge is -2.25. The van der Waals surface area contributed by atoms with E-state index in [1.807, 2.05) is 38.1 Å². The van der Waals surface area contributed by atoms with Crippen LogP contribution in [0.4, 0.5) is 5.69 Å². The molecule has 4 heteroatoms. The molecular formula is C17H26N2O2. The van der Waals surface area contributed by atoms with Gasteiger partial charge in [-0.3, -0.25) is 4.79 Å². The van der Waals surface area contributed by atoms with Crippen molar-refractivity contribution < 1.29 is 9.53 Å². The molecule has 1 amide bonds. The molecule has 0 bridgehead atoms. The summed E-state index contributed by atoms with van der Waals surface area (Å²) < 4.78 is 5.91. The number of benzene rings is 1. The van der Waals surface area contributed by atoms with Gasteiger partial charge in [-0.05, 0) is 62.8 Å². The highest BCUT2D eigenvalue weighted by Gasteiger charge is 2.29. The van der Waals surface area contributed by atoms with Gasteiger partial charge in [0.05, 0.1) is 11.6 Å². The number of carbonyl (C=O) groups is 1. The quantitative estimate of drug-likeness (QED) is 0.843. The van der Waals surface area contributed by atoms with Crippen LogP contribution >= 0.6 is 0 Å². The SMILES string of the molecule is CCC(N)(CC)C(=O)Nc1ccc(OC2CCCC2)cc1. The Kier molecular flexibility index (Phi) is 5.23. The average Bonchev–Trinajstić information content (AvgIpc) is 3.01. The second-order valence-electron chi connectivity index (χ2n) is 5.87. The van der Waals surface area contributed by atoms with Crippen LogP contribution in [0.5, 0.6) is 5.75 Å². The summed E-state index contributed by atoms with van der Waals surface area (Å²) in [6, 6.07) is 7.55. The highest BCUT2D eigenvalue weighted by atomic mass is 16.5. The zero-order valence-corrected chi connectivity index (χ0v) is 13.0. The third kappa shape index (κ3) is 3.97. The van der Waals surface area contributed by atoms with Gasteiger partial charge in [-0.25, -0.2) is 0 Å². The van der Waals surface area contributed by atoms with E-state index in [2.05, 4.69) is 5.32 Å². The van der Waals surface area contributed by atoms with Crippen molar-refractivity contribution in [3.63, 3.8) is 0 Å². The first-order chi connectivity index (χ1) is 10.1. The maximum atomic E-state index is 12.2. The van der Waals surface area contributed by atoms with Crippen molar-refractivity contribution in [3.05, 3.63) is 24.3 Å². The van der Waals surface area contributed by atoms with Crippen molar-refractivity contribution in [2.45, 2.75) is 64.0 Å². The number of carbonyl (C=O) groups excluding carboxylic acids is 1. The maximum Gasteiger partial charge on any atom is 0.244 e. The molecular weight excluding hydrogens is 264 g/mol. The number of nitrogens with two attached hydrogens (primary N) is 1. The average molecular weight is 290 g/mol. The molecule has 1 aromatic rings. The Morgan fingerprint density at radius 2 is 1.81 bits per heavy atom. The van der Waals surface area contributed by atoms with Crippen molar-refractivity contribution in [1.82, 2.24) is 0 Å². The smallest absolute Gasteiger partial charge is 0.244 e. The molecule has 0 unspecified atom stereocenters. The Hall–Kier alpha value is -1.55. The fraction of sp³-hybridized carbons (Fsp3) is 0.588. The van der Waals surface area contributed by atoms with Crippen molar-refractivity contribution >= 4 is 11.6 Å². The molecule has 1 saturated carbocycles. The summed E-state index contributed by atoms with van der Waals surface area (Å²) in [6.45, 7) is 3.86. The molecule has 4 nitrogen and oxygen atoms in total. The summed E-state index contributed by atoms with van der Waals surface area (Å²) >= 11 is 0.